The van der Waals surface area contributed by atoms with Gasteiger partial charge in [0, 0.05) is 12.5 Å². The van der Waals surface area contributed by atoms with E-state index >= 15 is 0 Å². The predicted octanol–water partition coefficient (Wildman–Crippen LogP) is 3.15. The molecule has 142 valence electrons. The second-order valence-corrected chi connectivity index (χ2v) is 6.88. The van der Waals surface area contributed by atoms with Gasteiger partial charge in [0.1, 0.15) is 5.82 Å². The van der Waals surface area contributed by atoms with Gasteiger partial charge in [-0.1, -0.05) is 37.1 Å². The molecule has 8 heteroatoms. The van der Waals surface area contributed by atoms with Crippen LogP contribution in [0.15, 0.2) is 24.3 Å². The summed E-state index contributed by atoms with van der Waals surface area (Å²) in [4.78, 5) is 17.1. The first kappa shape index (κ1) is 20.7. The number of amides is 1. The molecular formula is C18H25Cl2N5O. The van der Waals surface area contributed by atoms with Crippen molar-refractivity contribution in [3.8, 4) is 5.69 Å². The van der Waals surface area contributed by atoms with Crippen LogP contribution in [0.4, 0.5) is 0 Å². The van der Waals surface area contributed by atoms with Crippen LogP contribution in [0, 0.1) is 5.92 Å². The number of carbonyl (C=O) groups is 1. The van der Waals surface area contributed by atoms with Crippen molar-refractivity contribution in [3.63, 3.8) is 0 Å². The molecule has 0 aliphatic heterocycles. The quantitative estimate of drug-likeness (QED) is 0.783. The lowest BCUT2D eigenvalue weighted by atomic mass is 10.0. The Morgan fingerprint density at radius 3 is 2.85 bits per heavy atom. The molecule has 3 rings (SSSR count). The van der Waals surface area contributed by atoms with Gasteiger partial charge in [-0.25, -0.2) is 9.67 Å². The summed E-state index contributed by atoms with van der Waals surface area (Å²) in [6.07, 6.45) is 4.74. The van der Waals surface area contributed by atoms with Crippen LogP contribution in [0.1, 0.15) is 49.1 Å². The van der Waals surface area contributed by atoms with E-state index in [1.807, 2.05) is 18.2 Å². The molecule has 1 aliphatic rings. The first-order valence-corrected chi connectivity index (χ1v) is 9.23. The predicted molar refractivity (Wildman–Crippen MR) is 105 cm³/mol. The fraction of sp³-hybridized carbons (Fsp3) is 0.500. The Morgan fingerprint density at radius 2 is 2.15 bits per heavy atom. The molecule has 3 N–H and O–H groups in total. The summed E-state index contributed by atoms with van der Waals surface area (Å²) in [5.41, 5.74) is 6.53. The van der Waals surface area contributed by atoms with Crippen molar-refractivity contribution in [3.05, 3.63) is 40.9 Å². The fourth-order valence-electron chi connectivity index (χ4n) is 3.38. The van der Waals surface area contributed by atoms with Gasteiger partial charge in [0.05, 0.1) is 10.7 Å². The van der Waals surface area contributed by atoms with Gasteiger partial charge in [-0.05, 0) is 43.9 Å². The van der Waals surface area contributed by atoms with Gasteiger partial charge in [0.2, 0.25) is 5.82 Å². The fourth-order valence-corrected chi connectivity index (χ4v) is 3.60. The number of benzene rings is 1. The van der Waals surface area contributed by atoms with Crippen LogP contribution < -0.4 is 11.1 Å². The summed E-state index contributed by atoms with van der Waals surface area (Å²) >= 11 is 6.29. The van der Waals surface area contributed by atoms with E-state index in [1.54, 1.807) is 10.7 Å². The lowest BCUT2D eigenvalue weighted by molar-refractivity contribution is 0.0918. The van der Waals surface area contributed by atoms with Gasteiger partial charge >= 0.3 is 0 Å². The second kappa shape index (κ2) is 9.35. The summed E-state index contributed by atoms with van der Waals surface area (Å²) in [5.74, 6) is 1.02. The van der Waals surface area contributed by atoms with E-state index in [0.29, 0.717) is 17.5 Å². The lowest BCUT2D eigenvalue weighted by Crippen LogP contribution is -2.40. The van der Waals surface area contributed by atoms with E-state index in [-0.39, 0.29) is 30.2 Å². The minimum atomic E-state index is -0.242. The molecule has 6 nitrogen and oxygen atoms in total. The average Bonchev–Trinajstić information content (AvgIpc) is 3.22. The molecule has 0 bridgehead atoms. The minimum Gasteiger partial charge on any atom is -0.346 e. The Balaban J connectivity index is 0.00000243. The number of nitrogens with one attached hydrogen (secondary N) is 1. The third kappa shape index (κ3) is 4.37. The van der Waals surface area contributed by atoms with Crippen molar-refractivity contribution in [2.75, 3.05) is 6.54 Å². The van der Waals surface area contributed by atoms with Crippen molar-refractivity contribution in [1.29, 1.82) is 0 Å². The van der Waals surface area contributed by atoms with Crippen LogP contribution >= 0.6 is 24.0 Å². The van der Waals surface area contributed by atoms with Crippen LogP contribution in [0.2, 0.25) is 5.02 Å². The van der Waals surface area contributed by atoms with E-state index in [9.17, 15) is 4.79 Å². The van der Waals surface area contributed by atoms with Crippen LogP contribution in [0.5, 0.6) is 0 Å². The molecule has 0 spiro atoms. The number of hydrogen-bond donors (Lipinski definition) is 2. The second-order valence-electron chi connectivity index (χ2n) is 6.47. The maximum Gasteiger partial charge on any atom is 0.291 e. The Kier molecular flexibility index (Phi) is 7.43. The molecule has 2 aromatic rings. The van der Waals surface area contributed by atoms with Gasteiger partial charge in [-0.2, -0.15) is 0 Å². The maximum absolute atomic E-state index is 12.6. The highest BCUT2D eigenvalue weighted by Crippen LogP contribution is 2.25. The van der Waals surface area contributed by atoms with E-state index in [2.05, 4.69) is 22.3 Å². The highest BCUT2D eigenvalue weighted by Gasteiger charge is 2.29. The maximum atomic E-state index is 12.6. The molecular weight excluding hydrogens is 373 g/mol. The highest BCUT2D eigenvalue weighted by molar-refractivity contribution is 6.32. The molecule has 1 aliphatic carbocycles. The van der Waals surface area contributed by atoms with Crippen molar-refractivity contribution in [2.45, 2.75) is 45.1 Å². The van der Waals surface area contributed by atoms with E-state index in [1.165, 1.54) is 0 Å². The number of para-hydroxylation sites is 1. The molecule has 0 radical (unpaired) electrons. The van der Waals surface area contributed by atoms with E-state index in [4.69, 9.17) is 17.3 Å². The Labute approximate surface area is 164 Å². The normalized spacial score (nSPS) is 19.2. The SMILES string of the molecule is CCCc1nc(C(=O)NC2CCCC2CN)nn1-c1ccccc1Cl.Cl. The van der Waals surface area contributed by atoms with Gasteiger partial charge in [0.15, 0.2) is 0 Å². The molecule has 1 saturated carbocycles. The number of aromatic nitrogens is 3. The number of nitrogens with two attached hydrogens (primary N) is 1. The minimum absolute atomic E-state index is 0. The first-order valence-electron chi connectivity index (χ1n) is 8.85. The molecule has 2 unspecified atom stereocenters. The Bertz CT molecular complexity index is 749. The number of halogens is 2. The number of nitrogens with zero attached hydrogens (tertiary/aromatic N) is 3. The van der Waals surface area contributed by atoms with Crippen LogP contribution in [-0.4, -0.2) is 33.3 Å². The average molecular weight is 398 g/mol. The number of aryl methyl sites for hydroxylation is 1. The summed E-state index contributed by atoms with van der Waals surface area (Å²) in [6, 6.07) is 7.54. The zero-order valence-electron chi connectivity index (χ0n) is 14.8. The number of carbonyl (C=O) groups excluding carboxylic acids is 1. The topological polar surface area (TPSA) is 85.8 Å². The standard InChI is InChI=1S/C18H24ClN5O.ClH/c1-2-6-16-22-17(18(25)21-14-9-5-7-12(14)11-20)23-24(16)15-10-4-3-8-13(15)19;/h3-4,8,10,12,14H,2,5-7,9,11,20H2,1H3,(H,21,25);1H. The van der Waals surface area contributed by atoms with Gasteiger partial charge in [-0.15, -0.1) is 17.5 Å². The lowest BCUT2D eigenvalue weighted by Gasteiger charge is -2.18. The van der Waals surface area contributed by atoms with Crippen LogP contribution in [0.3, 0.4) is 0 Å². The zero-order chi connectivity index (χ0) is 17.8. The van der Waals surface area contributed by atoms with Crippen molar-refractivity contribution in [2.24, 2.45) is 11.7 Å². The Morgan fingerprint density at radius 1 is 1.38 bits per heavy atom. The summed E-state index contributed by atoms with van der Waals surface area (Å²) in [7, 11) is 0. The van der Waals surface area contributed by atoms with Gasteiger partial charge in [0.25, 0.3) is 5.91 Å². The van der Waals surface area contributed by atoms with Crippen molar-refractivity contribution >= 4 is 29.9 Å². The van der Waals surface area contributed by atoms with E-state index in [0.717, 1.165) is 43.6 Å². The molecule has 0 saturated heterocycles. The molecule has 1 heterocycles. The monoisotopic (exact) mass is 397 g/mol. The third-order valence-electron chi connectivity index (χ3n) is 4.71. The van der Waals surface area contributed by atoms with Crippen molar-refractivity contribution < 1.29 is 4.79 Å². The molecule has 1 aromatic heterocycles. The molecule has 26 heavy (non-hydrogen) atoms. The zero-order valence-corrected chi connectivity index (χ0v) is 16.4. The van der Waals surface area contributed by atoms with E-state index < -0.39 is 0 Å². The summed E-state index contributed by atoms with van der Waals surface area (Å²) in [6.45, 7) is 2.66. The highest BCUT2D eigenvalue weighted by atomic mass is 35.5. The largest absolute Gasteiger partial charge is 0.346 e. The van der Waals surface area contributed by atoms with Gasteiger partial charge < -0.3 is 11.1 Å². The summed E-state index contributed by atoms with van der Waals surface area (Å²) < 4.78 is 1.68. The molecule has 1 aromatic carbocycles. The third-order valence-corrected chi connectivity index (χ3v) is 5.03. The molecule has 1 amide bonds. The molecule has 1 fully saturated rings. The van der Waals surface area contributed by atoms with Crippen LogP contribution in [0.25, 0.3) is 5.69 Å². The van der Waals surface area contributed by atoms with Crippen LogP contribution in [-0.2, 0) is 6.42 Å². The van der Waals surface area contributed by atoms with Gasteiger partial charge in [-0.3, -0.25) is 4.79 Å². The first-order chi connectivity index (χ1) is 12.1. The van der Waals surface area contributed by atoms with Crippen molar-refractivity contribution in [1.82, 2.24) is 20.1 Å². The molecule has 2 atom stereocenters. The summed E-state index contributed by atoms with van der Waals surface area (Å²) in [5, 5.41) is 8.06. The Hall–Kier alpha value is -1.63. The number of rotatable bonds is 6. The number of hydrogen-bond acceptors (Lipinski definition) is 4. The smallest absolute Gasteiger partial charge is 0.291 e.